The van der Waals surface area contributed by atoms with Crippen molar-refractivity contribution in [3.8, 4) is 0 Å². The third-order valence-electron chi connectivity index (χ3n) is 4.27. The number of carbonyl (C=O) groups excluding carboxylic acids is 2. The summed E-state index contributed by atoms with van der Waals surface area (Å²) in [4.78, 5) is 25.6. The van der Waals surface area contributed by atoms with E-state index in [1.807, 2.05) is 27.7 Å². The van der Waals surface area contributed by atoms with Gasteiger partial charge in [0.2, 0.25) is 11.8 Å². The Balaban J connectivity index is 2.07. The van der Waals surface area contributed by atoms with Gasteiger partial charge in [-0.15, -0.1) is 0 Å². The Morgan fingerprint density at radius 1 is 1.24 bits per heavy atom. The maximum absolute atomic E-state index is 12.1. The van der Waals surface area contributed by atoms with E-state index < -0.39 is 0 Å². The number of aliphatic hydroxyl groups is 1. The topological polar surface area (TPSA) is 57.6 Å². The summed E-state index contributed by atoms with van der Waals surface area (Å²) in [7, 11) is 0. The van der Waals surface area contributed by atoms with Crippen LogP contribution in [-0.4, -0.2) is 35.0 Å². The van der Waals surface area contributed by atoms with E-state index in [-0.39, 0.29) is 41.1 Å². The van der Waals surface area contributed by atoms with E-state index in [0.717, 1.165) is 0 Å². The maximum Gasteiger partial charge on any atom is 0.233 e. The maximum atomic E-state index is 12.1. The molecule has 1 saturated heterocycles. The number of carbonyl (C=O) groups is 2. The first-order valence-electron chi connectivity index (χ1n) is 6.18. The van der Waals surface area contributed by atoms with Crippen LogP contribution >= 0.6 is 0 Å². The van der Waals surface area contributed by atoms with Gasteiger partial charge in [0.05, 0.1) is 11.8 Å². The van der Waals surface area contributed by atoms with Gasteiger partial charge in [-0.25, -0.2) is 0 Å². The highest BCUT2D eigenvalue weighted by molar-refractivity contribution is 6.10. The third-order valence-corrected chi connectivity index (χ3v) is 4.27. The Morgan fingerprint density at radius 2 is 1.71 bits per heavy atom. The Bertz CT molecular complexity index is 349. The number of amides is 2. The van der Waals surface area contributed by atoms with E-state index in [0.29, 0.717) is 13.0 Å². The zero-order valence-corrected chi connectivity index (χ0v) is 11.0. The minimum absolute atomic E-state index is 0.0176. The van der Waals surface area contributed by atoms with Crippen molar-refractivity contribution in [2.24, 2.45) is 22.7 Å². The smallest absolute Gasteiger partial charge is 0.233 e. The summed E-state index contributed by atoms with van der Waals surface area (Å²) in [6.07, 6.45) is 0.600. The number of likely N-dealkylation sites (tertiary alicyclic amines) is 1. The fraction of sp³-hybridized carbons (Fsp3) is 0.846. The average Bonchev–Trinajstić information content (AvgIpc) is 2.65. The van der Waals surface area contributed by atoms with Crippen LogP contribution in [0.25, 0.3) is 0 Å². The van der Waals surface area contributed by atoms with Gasteiger partial charge < -0.3 is 5.11 Å². The van der Waals surface area contributed by atoms with Gasteiger partial charge in [0.15, 0.2) is 0 Å². The molecule has 2 aliphatic rings. The summed E-state index contributed by atoms with van der Waals surface area (Å²) in [6.45, 7) is 8.41. The van der Waals surface area contributed by atoms with Crippen molar-refractivity contribution in [2.45, 2.75) is 34.1 Å². The zero-order chi connectivity index (χ0) is 13.0. The van der Waals surface area contributed by atoms with Crippen LogP contribution in [0.2, 0.25) is 0 Å². The van der Waals surface area contributed by atoms with Crippen LogP contribution in [0.4, 0.5) is 0 Å². The Hall–Kier alpha value is -0.900. The fourth-order valence-electron chi connectivity index (χ4n) is 2.97. The molecular weight excluding hydrogens is 218 g/mol. The molecule has 0 aromatic heterocycles. The van der Waals surface area contributed by atoms with Crippen molar-refractivity contribution in [3.63, 3.8) is 0 Å². The minimum atomic E-state index is -0.207. The number of piperidine rings is 1. The molecule has 2 rings (SSSR count). The van der Waals surface area contributed by atoms with Crippen LogP contribution < -0.4 is 0 Å². The number of fused-ring (bicyclic) bond motifs is 1. The van der Waals surface area contributed by atoms with Gasteiger partial charge in [-0.3, -0.25) is 14.5 Å². The molecule has 1 saturated carbocycles. The molecule has 1 aliphatic heterocycles. The summed E-state index contributed by atoms with van der Waals surface area (Å²) in [5.74, 6) is -0.230. The van der Waals surface area contributed by atoms with E-state index in [4.69, 9.17) is 5.11 Å². The molecule has 2 amide bonds. The van der Waals surface area contributed by atoms with Crippen molar-refractivity contribution in [1.29, 1.82) is 0 Å². The second-order valence-electron chi connectivity index (χ2n) is 6.68. The Kier molecular flexibility index (Phi) is 2.62. The van der Waals surface area contributed by atoms with Crippen molar-refractivity contribution in [3.05, 3.63) is 0 Å². The van der Waals surface area contributed by atoms with Crippen molar-refractivity contribution < 1.29 is 14.7 Å². The largest absolute Gasteiger partial charge is 0.396 e. The molecule has 2 atom stereocenters. The van der Waals surface area contributed by atoms with Crippen LogP contribution in [0, 0.1) is 22.7 Å². The van der Waals surface area contributed by atoms with Crippen LogP contribution in [0.3, 0.4) is 0 Å². The van der Waals surface area contributed by atoms with Crippen LogP contribution in [0.15, 0.2) is 0 Å². The summed E-state index contributed by atoms with van der Waals surface area (Å²) in [6, 6.07) is 0. The predicted octanol–water partition coefficient (Wildman–Crippen LogP) is 1.04. The van der Waals surface area contributed by atoms with Crippen LogP contribution in [0.1, 0.15) is 34.1 Å². The Morgan fingerprint density at radius 3 is 2.12 bits per heavy atom. The van der Waals surface area contributed by atoms with Crippen LogP contribution in [0.5, 0.6) is 0 Å². The van der Waals surface area contributed by atoms with Gasteiger partial charge in [0.1, 0.15) is 0 Å². The number of aliphatic hydroxyl groups excluding tert-OH is 1. The second-order valence-corrected chi connectivity index (χ2v) is 6.68. The molecule has 4 heteroatoms. The highest BCUT2D eigenvalue weighted by Gasteiger charge is 2.72. The number of rotatable bonds is 4. The van der Waals surface area contributed by atoms with Crippen molar-refractivity contribution in [1.82, 2.24) is 4.90 Å². The molecule has 2 unspecified atom stereocenters. The van der Waals surface area contributed by atoms with E-state index in [2.05, 4.69) is 0 Å². The van der Waals surface area contributed by atoms with Crippen LogP contribution in [-0.2, 0) is 9.59 Å². The average molecular weight is 239 g/mol. The number of hydrogen-bond acceptors (Lipinski definition) is 3. The SMILES string of the molecule is CC(C)(CCO)CN1C(=O)C2C(C1=O)C2(C)C. The first-order chi connectivity index (χ1) is 7.72. The van der Waals surface area contributed by atoms with Gasteiger partial charge in [0, 0.05) is 13.2 Å². The number of imide groups is 1. The number of hydrogen-bond donors (Lipinski definition) is 1. The standard InChI is InChI=1S/C13H21NO3/c1-12(2,5-6-15)7-14-10(16)8-9(11(14)17)13(8,3)4/h8-9,15H,5-7H2,1-4H3. The predicted molar refractivity (Wildman–Crippen MR) is 63.0 cm³/mol. The summed E-state index contributed by atoms with van der Waals surface area (Å²) < 4.78 is 0. The molecule has 1 N–H and O–H groups in total. The molecule has 1 heterocycles. The molecule has 4 nitrogen and oxygen atoms in total. The molecule has 96 valence electrons. The lowest BCUT2D eigenvalue weighted by Gasteiger charge is -2.30. The van der Waals surface area contributed by atoms with Crippen molar-refractivity contribution >= 4 is 11.8 Å². The molecule has 0 radical (unpaired) electrons. The molecule has 0 bridgehead atoms. The highest BCUT2D eigenvalue weighted by Crippen LogP contribution is 2.63. The van der Waals surface area contributed by atoms with Gasteiger partial charge in [-0.05, 0) is 17.3 Å². The van der Waals surface area contributed by atoms with Gasteiger partial charge in [-0.1, -0.05) is 27.7 Å². The minimum Gasteiger partial charge on any atom is -0.396 e. The fourth-order valence-corrected chi connectivity index (χ4v) is 2.97. The van der Waals surface area contributed by atoms with Crippen molar-refractivity contribution in [2.75, 3.05) is 13.2 Å². The molecule has 1 aliphatic carbocycles. The molecule has 0 aromatic carbocycles. The number of nitrogens with zero attached hydrogens (tertiary/aromatic N) is 1. The monoisotopic (exact) mass is 239 g/mol. The van der Waals surface area contributed by atoms with Gasteiger partial charge in [-0.2, -0.15) is 0 Å². The normalized spacial score (nSPS) is 30.8. The lowest BCUT2D eigenvalue weighted by atomic mass is 9.88. The van der Waals surface area contributed by atoms with E-state index in [9.17, 15) is 9.59 Å². The van der Waals surface area contributed by atoms with E-state index >= 15 is 0 Å². The van der Waals surface area contributed by atoms with E-state index in [1.165, 1.54) is 4.90 Å². The lowest BCUT2D eigenvalue weighted by molar-refractivity contribution is -0.144. The second kappa shape index (κ2) is 3.55. The quantitative estimate of drug-likeness (QED) is 0.746. The molecule has 2 fully saturated rings. The highest BCUT2D eigenvalue weighted by atomic mass is 16.3. The lowest BCUT2D eigenvalue weighted by Crippen LogP contribution is -2.42. The molecule has 17 heavy (non-hydrogen) atoms. The van der Waals surface area contributed by atoms with Gasteiger partial charge >= 0.3 is 0 Å². The molecule has 0 spiro atoms. The van der Waals surface area contributed by atoms with E-state index in [1.54, 1.807) is 0 Å². The summed E-state index contributed by atoms with van der Waals surface area (Å²) in [5, 5.41) is 8.96. The third kappa shape index (κ3) is 1.79. The molecular formula is C13H21NO3. The molecule has 0 aromatic rings. The van der Waals surface area contributed by atoms with Gasteiger partial charge in [0.25, 0.3) is 0 Å². The zero-order valence-electron chi connectivity index (χ0n) is 11.0. The Labute approximate surface area is 102 Å². The summed E-state index contributed by atoms with van der Waals surface area (Å²) >= 11 is 0. The first-order valence-corrected chi connectivity index (χ1v) is 6.18. The summed E-state index contributed by atoms with van der Waals surface area (Å²) in [5.41, 5.74) is -0.340. The first kappa shape index (κ1) is 12.6.